The molecule has 0 radical (unpaired) electrons. The number of aromatic nitrogens is 6. The zero-order chi connectivity index (χ0) is 14.4. The third-order valence-corrected chi connectivity index (χ3v) is 4.11. The molecule has 0 amide bonds. The minimum atomic E-state index is 0.631. The molecule has 0 spiro atoms. The molecule has 0 aliphatic carbocycles. The minimum absolute atomic E-state index is 0.631. The summed E-state index contributed by atoms with van der Waals surface area (Å²) >= 11 is 0. The maximum atomic E-state index is 4.42. The quantitative estimate of drug-likeness (QED) is 0.717. The van der Waals surface area contributed by atoms with Gasteiger partial charge in [0.1, 0.15) is 12.2 Å². The topological polar surface area (TPSA) is 64.7 Å². The van der Waals surface area contributed by atoms with Gasteiger partial charge >= 0.3 is 0 Å². The van der Waals surface area contributed by atoms with E-state index in [0.717, 1.165) is 42.4 Å². The van der Waals surface area contributed by atoms with Crippen LogP contribution in [0, 0.1) is 12.8 Å². The third kappa shape index (κ3) is 1.96. The monoisotopic (exact) mass is 283 g/mol. The van der Waals surface area contributed by atoms with E-state index >= 15 is 0 Å². The zero-order valence-corrected chi connectivity index (χ0v) is 12.1. The number of hydrogen-bond donors (Lipinski definition) is 0. The number of rotatable bonds is 3. The maximum Gasteiger partial charge on any atom is 0.165 e. The average Bonchev–Trinajstić information content (AvgIpc) is 3.01. The highest BCUT2D eigenvalue weighted by molar-refractivity contribution is 5.83. The van der Waals surface area contributed by atoms with Gasteiger partial charge in [-0.3, -0.25) is 0 Å². The van der Waals surface area contributed by atoms with Crippen LogP contribution in [0.15, 0.2) is 25.0 Å². The molecule has 21 heavy (non-hydrogen) atoms. The van der Waals surface area contributed by atoms with Gasteiger partial charge in [0.05, 0.1) is 6.33 Å². The summed E-state index contributed by atoms with van der Waals surface area (Å²) < 4.78 is 4.13. The van der Waals surface area contributed by atoms with Crippen molar-refractivity contribution in [3.8, 4) is 0 Å². The molecule has 7 nitrogen and oxygen atoms in total. The van der Waals surface area contributed by atoms with Gasteiger partial charge in [0, 0.05) is 45.0 Å². The van der Waals surface area contributed by atoms with Crippen molar-refractivity contribution in [2.24, 2.45) is 13.0 Å². The molecular weight excluding hydrogens is 266 g/mol. The second kappa shape index (κ2) is 4.54. The summed E-state index contributed by atoms with van der Waals surface area (Å²) in [6, 6.07) is 0. The Hall–Kier alpha value is -2.44. The molecule has 4 rings (SSSR count). The Morgan fingerprint density at radius 2 is 2.05 bits per heavy atom. The molecule has 3 aromatic heterocycles. The SMILES string of the molecule is Cc1nccn1CC1CN(c2ncnc3c2ncn3C)C1. The van der Waals surface area contributed by atoms with Crippen LogP contribution in [-0.2, 0) is 13.6 Å². The van der Waals surface area contributed by atoms with Gasteiger partial charge in [0.15, 0.2) is 17.0 Å². The standard InChI is InChI=1S/C14H17N7/c1-10-15-3-4-20(10)5-11-6-21(7-11)14-12-13(16-8-17-14)19(2)9-18-12/h3-4,8-9,11H,5-7H2,1-2H3. The number of aryl methyl sites for hydroxylation is 2. The third-order valence-electron chi connectivity index (χ3n) is 4.11. The number of hydrogen-bond acceptors (Lipinski definition) is 5. The molecule has 0 unspecified atom stereocenters. The van der Waals surface area contributed by atoms with E-state index in [2.05, 4.69) is 29.4 Å². The van der Waals surface area contributed by atoms with Crippen LogP contribution in [0.3, 0.4) is 0 Å². The van der Waals surface area contributed by atoms with Gasteiger partial charge in [-0.05, 0) is 6.92 Å². The fourth-order valence-electron chi connectivity index (χ4n) is 2.90. The summed E-state index contributed by atoms with van der Waals surface area (Å²) in [6.07, 6.45) is 7.30. The first kappa shape index (κ1) is 12.3. The van der Waals surface area contributed by atoms with Gasteiger partial charge < -0.3 is 14.0 Å². The Morgan fingerprint density at radius 1 is 1.19 bits per heavy atom. The summed E-state index contributed by atoms with van der Waals surface area (Å²) in [5.74, 6) is 2.65. The first-order valence-electron chi connectivity index (χ1n) is 7.07. The van der Waals surface area contributed by atoms with Crippen molar-refractivity contribution in [1.82, 2.24) is 29.1 Å². The van der Waals surface area contributed by atoms with E-state index in [-0.39, 0.29) is 0 Å². The van der Waals surface area contributed by atoms with Crippen molar-refractivity contribution in [2.45, 2.75) is 13.5 Å². The highest BCUT2D eigenvalue weighted by Gasteiger charge is 2.30. The van der Waals surface area contributed by atoms with Crippen molar-refractivity contribution in [1.29, 1.82) is 0 Å². The smallest absolute Gasteiger partial charge is 0.165 e. The number of imidazole rings is 2. The fourth-order valence-corrected chi connectivity index (χ4v) is 2.90. The lowest BCUT2D eigenvalue weighted by Gasteiger charge is -2.40. The number of fused-ring (bicyclic) bond motifs is 1. The van der Waals surface area contributed by atoms with Crippen LogP contribution in [0.1, 0.15) is 5.82 Å². The Balaban J connectivity index is 1.51. The van der Waals surface area contributed by atoms with E-state index in [9.17, 15) is 0 Å². The summed E-state index contributed by atoms with van der Waals surface area (Å²) in [7, 11) is 1.95. The molecule has 108 valence electrons. The molecule has 0 aromatic carbocycles. The second-order valence-corrected chi connectivity index (χ2v) is 5.62. The van der Waals surface area contributed by atoms with Crippen LogP contribution in [0.2, 0.25) is 0 Å². The molecule has 0 saturated carbocycles. The molecule has 1 fully saturated rings. The number of nitrogens with zero attached hydrogens (tertiary/aromatic N) is 7. The van der Waals surface area contributed by atoms with E-state index in [1.807, 2.05) is 30.9 Å². The highest BCUT2D eigenvalue weighted by atomic mass is 15.3. The fraction of sp³-hybridized carbons (Fsp3) is 0.429. The molecule has 0 atom stereocenters. The van der Waals surface area contributed by atoms with Gasteiger partial charge in [-0.2, -0.15) is 0 Å². The zero-order valence-electron chi connectivity index (χ0n) is 12.1. The van der Waals surface area contributed by atoms with Gasteiger partial charge in [-0.1, -0.05) is 0 Å². The Bertz CT molecular complexity index is 782. The minimum Gasteiger partial charge on any atom is -0.354 e. The van der Waals surface area contributed by atoms with E-state index in [1.54, 1.807) is 12.7 Å². The van der Waals surface area contributed by atoms with Crippen molar-refractivity contribution < 1.29 is 0 Å². The van der Waals surface area contributed by atoms with Gasteiger partial charge in [-0.25, -0.2) is 19.9 Å². The van der Waals surface area contributed by atoms with Crippen LogP contribution in [0.25, 0.3) is 11.2 Å². The van der Waals surface area contributed by atoms with Crippen molar-refractivity contribution in [3.05, 3.63) is 30.9 Å². The summed E-state index contributed by atoms with van der Waals surface area (Å²) in [5.41, 5.74) is 1.77. The Kier molecular flexibility index (Phi) is 2.66. The van der Waals surface area contributed by atoms with E-state index in [4.69, 9.17) is 0 Å². The molecule has 1 aliphatic rings. The van der Waals surface area contributed by atoms with Crippen LogP contribution in [-0.4, -0.2) is 42.2 Å². The lowest BCUT2D eigenvalue weighted by Crippen LogP contribution is -2.49. The van der Waals surface area contributed by atoms with E-state index in [1.165, 1.54) is 0 Å². The molecule has 7 heteroatoms. The lowest BCUT2D eigenvalue weighted by atomic mass is 10.00. The molecule has 4 heterocycles. The van der Waals surface area contributed by atoms with Crippen LogP contribution >= 0.6 is 0 Å². The van der Waals surface area contributed by atoms with Crippen LogP contribution in [0.5, 0.6) is 0 Å². The number of anilines is 1. The van der Waals surface area contributed by atoms with Gasteiger partial charge in [-0.15, -0.1) is 0 Å². The predicted molar refractivity (Wildman–Crippen MR) is 79.0 cm³/mol. The van der Waals surface area contributed by atoms with Crippen LogP contribution in [0.4, 0.5) is 5.82 Å². The Morgan fingerprint density at radius 3 is 2.81 bits per heavy atom. The molecule has 0 bridgehead atoms. The first-order chi connectivity index (χ1) is 10.2. The molecule has 1 aliphatic heterocycles. The first-order valence-corrected chi connectivity index (χ1v) is 7.07. The second-order valence-electron chi connectivity index (χ2n) is 5.62. The van der Waals surface area contributed by atoms with Crippen molar-refractivity contribution >= 4 is 17.0 Å². The van der Waals surface area contributed by atoms with E-state index in [0.29, 0.717) is 5.92 Å². The average molecular weight is 283 g/mol. The summed E-state index contributed by atoms with van der Waals surface area (Å²) in [6.45, 7) is 5.05. The summed E-state index contributed by atoms with van der Waals surface area (Å²) in [4.78, 5) is 19.6. The molecule has 1 saturated heterocycles. The lowest BCUT2D eigenvalue weighted by molar-refractivity contribution is 0.353. The van der Waals surface area contributed by atoms with Gasteiger partial charge in [0.2, 0.25) is 0 Å². The normalized spacial score (nSPS) is 15.6. The van der Waals surface area contributed by atoms with Crippen molar-refractivity contribution in [2.75, 3.05) is 18.0 Å². The largest absolute Gasteiger partial charge is 0.354 e. The van der Waals surface area contributed by atoms with Gasteiger partial charge in [0.25, 0.3) is 0 Å². The van der Waals surface area contributed by atoms with Crippen molar-refractivity contribution in [3.63, 3.8) is 0 Å². The molecule has 3 aromatic rings. The van der Waals surface area contributed by atoms with E-state index < -0.39 is 0 Å². The molecule has 0 N–H and O–H groups in total. The molecular formula is C14H17N7. The highest BCUT2D eigenvalue weighted by Crippen LogP contribution is 2.28. The van der Waals surface area contributed by atoms with Crippen LogP contribution < -0.4 is 4.90 Å². The Labute approximate surface area is 122 Å². The summed E-state index contributed by atoms with van der Waals surface area (Å²) in [5, 5.41) is 0. The maximum absolute atomic E-state index is 4.42. The predicted octanol–water partition coefficient (Wildman–Crippen LogP) is 1.00.